The lowest BCUT2D eigenvalue weighted by atomic mass is 10.0. The van der Waals surface area contributed by atoms with Crippen LogP contribution in [0.15, 0.2) is 46.9 Å². The Balaban J connectivity index is 1.55. The summed E-state index contributed by atoms with van der Waals surface area (Å²) in [5, 5.41) is 12.1. The molecule has 0 radical (unpaired) electrons. The molecule has 2 aromatic carbocycles. The van der Waals surface area contributed by atoms with Crippen molar-refractivity contribution in [2.45, 2.75) is 32.1 Å². The van der Waals surface area contributed by atoms with E-state index in [4.69, 9.17) is 27.6 Å². The van der Waals surface area contributed by atoms with E-state index in [2.05, 4.69) is 15.5 Å². The standard InChI is InChI=1S/C21H19Cl2N3O2/c22-16-10-9-14(12-17(16)23)20-25-26-21(28-20)15-7-3-4-8-18(15)24-19(27)11-13-5-1-2-6-13/h3-4,7-10,12-13H,1-2,5-6,11H2,(H,24,27). The van der Waals surface area contributed by atoms with Crippen LogP contribution in [0.1, 0.15) is 32.1 Å². The van der Waals surface area contributed by atoms with Gasteiger partial charge >= 0.3 is 0 Å². The number of para-hydroxylation sites is 1. The summed E-state index contributed by atoms with van der Waals surface area (Å²) >= 11 is 12.0. The number of aromatic nitrogens is 2. The summed E-state index contributed by atoms with van der Waals surface area (Å²) in [6.45, 7) is 0. The molecule has 1 aliphatic carbocycles. The van der Waals surface area contributed by atoms with Gasteiger partial charge in [0.15, 0.2) is 0 Å². The van der Waals surface area contributed by atoms with Crippen molar-refractivity contribution < 1.29 is 9.21 Å². The zero-order valence-electron chi connectivity index (χ0n) is 15.1. The van der Waals surface area contributed by atoms with Gasteiger partial charge in [-0.05, 0) is 49.1 Å². The van der Waals surface area contributed by atoms with Gasteiger partial charge < -0.3 is 9.73 Å². The van der Waals surface area contributed by atoms with Crippen LogP contribution in [0, 0.1) is 5.92 Å². The van der Waals surface area contributed by atoms with Gasteiger partial charge in [0.05, 0.1) is 21.3 Å². The van der Waals surface area contributed by atoms with Crippen molar-refractivity contribution in [1.82, 2.24) is 10.2 Å². The van der Waals surface area contributed by atoms with Crippen molar-refractivity contribution in [2.24, 2.45) is 5.92 Å². The molecule has 1 fully saturated rings. The van der Waals surface area contributed by atoms with Crippen molar-refractivity contribution in [1.29, 1.82) is 0 Å². The lowest BCUT2D eigenvalue weighted by Gasteiger charge is -2.11. The van der Waals surface area contributed by atoms with Crippen LogP contribution in [-0.4, -0.2) is 16.1 Å². The number of nitrogens with one attached hydrogen (secondary N) is 1. The van der Waals surface area contributed by atoms with Crippen LogP contribution >= 0.6 is 23.2 Å². The second kappa shape index (κ2) is 8.33. The van der Waals surface area contributed by atoms with E-state index in [1.165, 1.54) is 12.8 Å². The number of carbonyl (C=O) groups is 1. The highest BCUT2D eigenvalue weighted by atomic mass is 35.5. The summed E-state index contributed by atoms with van der Waals surface area (Å²) < 4.78 is 5.83. The third-order valence-electron chi connectivity index (χ3n) is 4.97. The highest BCUT2D eigenvalue weighted by Gasteiger charge is 2.20. The second-order valence-corrected chi connectivity index (χ2v) is 7.80. The first-order chi connectivity index (χ1) is 13.6. The average Bonchev–Trinajstić information content (AvgIpc) is 3.36. The molecule has 1 aliphatic rings. The van der Waals surface area contributed by atoms with Gasteiger partial charge in [-0.15, -0.1) is 10.2 Å². The fourth-order valence-electron chi connectivity index (χ4n) is 3.53. The van der Waals surface area contributed by atoms with Crippen molar-refractivity contribution in [3.63, 3.8) is 0 Å². The molecule has 5 nitrogen and oxygen atoms in total. The average molecular weight is 416 g/mol. The molecule has 3 aromatic rings. The number of halogens is 2. The zero-order valence-corrected chi connectivity index (χ0v) is 16.6. The predicted octanol–water partition coefficient (Wildman–Crippen LogP) is 6.23. The molecule has 1 heterocycles. The maximum atomic E-state index is 12.4. The number of hydrogen-bond acceptors (Lipinski definition) is 4. The first-order valence-corrected chi connectivity index (χ1v) is 10.0. The van der Waals surface area contributed by atoms with Crippen LogP contribution in [0.4, 0.5) is 5.69 Å². The Morgan fingerprint density at radius 3 is 2.57 bits per heavy atom. The summed E-state index contributed by atoms with van der Waals surface area (Å²) in [6, 6.07) is 12.5. The lowest BCUT2D eigenvalue weighted by molar-refractivity contribution is -0.117. The Kier molecular flexibility index (Phi) is 5.64. The molecule has 1 saturated carbocycles. The molecule has 0 bridgehead atoms. The van der Waals surface area contributed by atoms with Crippen molar-refractivity contribution in [3.8, 4) is 22.9 Å². The first kappa shape index (κ1) is 19.0. The molecule has 1 N–H and O–H groups in total. The molecule has 1 aromatic heterocycles. The van der Waals surface area contributed by atoms with Gasteiger partial charge in [0.25, 0.3) is 0 Å². The minimum Gasteiger partial charge on any atom is -0.416 e. The van der Waals surface area contributed by atoms with E-state index >= 15 is 0 Å². The normalized spacial score (nSPS) is 14.4. The van der Waals surface area contributed by atoms with Crippen LogP contribution in [-0.2, 0) is 4.79 Å². The van der Waals surface area contributed by atoms with E-state index in [9.17, 15) is 4.79 Å². The van der Waals surface area contributed by atoms with Crippen LogP contribution in [0.25, 0.3) is 22.9 Å². The Bertz CT molecular complexity index is 997. The highest BCUT2D eigenvalue weighted by Crippen LogP contribution is 2.33. The van der Waals surface area contributed by atoms with Gasteiger partial charge in [0.1, 0.15) is 0 Å². The van der Waals surface area contributed by atoms with Gasteiger partial charge in [-0.2, -0.15) is 0 Å². The Morgan fingerprint density at radius 2 is 1.79 bits per heavy atom. The van der Waals surface area contributed by atoms with E-state index in [1.54, 1.807) is 18.2 Å². The number of nitrogens with zero attached hydrogens (tertiary/aromatic N) is 2. The molecule has 7 heteroatoms. The third kappa shape index (κ3) is 4.21. The number of hydrogen-bond donors (Lipinski definition) is 1. The molecule has 0 unspecified atom stereocenters. The van der Waals surface area contributed by atoms with E-state index < -0.39 is 0 Å². The van der Waals surface area contributed by atoms with Gasteiger partial charge in [0.2, 0.25) is 17.7 Å². The monoisotopic (exact) mass is 415 g/mol. The minimum atomic E-state index is 0.0172. The molecule has 0 atom stereocenters. The molecule has 144 valence electrons. The summed E-state index contributed by atoms with van der Waals surface area (Å²) in [6.07, 6.45) is 5.24. The van der Waals surface area contributed by atoms with Crippen molar-refractivity contribution >= 4 is 34.8 Å². The van der Waals surface area contributed by atoms with E-state index in [1.807, 2.05) is 24.3 Å². The summed E-state index contributed by atoms with van der Waals surface area (Å²) in [7, 11) is 0. The van der Waals surface area contributed by atoms with Gasteiger partial charge in [-0.3, -0.25) is 4.79 Å². The maximum Gasteiger partial charge on any atom is 0.250 e. The van der Waals surface area contributed by atoms with Gasteiger partial charge in [0, 0.05) is 12.0 Å². The topological polar surface area (TPSA) is 68.0 Å². The van der Waals surface area contributed by atoms with Crippen LogP contribution < -0.4 is 5.32 Å². The fraction of sp³-hybridized carbons (Fsp3) is 0.286. The molecule has 0 aliphatic heterocycles. The lowest BCUT2D eigenvalue weighted by Crippen LogP contribution is -2.15. The summed E-state index contributed by atoms with van der Waals surface area (Å²) in [4.78, 5) is 12.4. The first-order valence-electron chi connectivity index (χ1n) is 9.28. The Hall–Kier alpha value is -2.37. The smallest absolute Gasteiger partial charge is 0.250 e. The molecular weight excluding hydrogens is 397 g/mol. The molecule has 28 heavy (non-hydrogen) atoms. The van der Waals surface area contributed by atoms with Crippen molar-refractivity contribution in [3.05, 3.63) is 52.5 Å². The predicted molar refractivity (Wildman–Crippen MR) is 110 cm³/mol. The molecule has 4 rings (SSSR count). The van der Waals surface area contributed by atoms with Crippen LogP contribution in [0.5, 0.6) is 0 Å². The number of anilines is 1. The maximum absolute atomic E-state index is 12.4. The quantitative estimate of drug-likeness (QED) is 0.536. The van der Waals surface area contributed by atoms with Crippen LogP contribution in [0.3, 0.4) is 0 Å². The molecule has 1 amide bonds. The number of rotatable bonds is 5. The number of benzene rings is 2. The van der Waals surface area contributed by atoms with E-state index in [-0.39, 0.29) is 5.91 Å². The van der Waals surface area contributed by atoms with Crippen LogP contribution in [0.2, 0.25) is 10.0 Å². The molecular formula is C21H19Cl2N3O2. The second-order valence-electron chi connectivity index (χ2n) is 6.99. The summed E-state index contributed by atoms with van der Waals surface area (Å²) in [5.41, 5.74) is 2.02. The summed E-state index contributed by atoms with van der Waals surface area (Å²) in [5.74, 6) is 1.17. The largest absolute Gasteiger partial charge is 0.416 e. The fourth-order valence-corrected chi connectivity index (χ4v) is 3.83. The van der Waals surface area contributed by atoms with Crippen molar-refractivity contribution in [2.75, 3.05) is 5.32 Å². The molecule has 0 spiro atoms. The Labute approximate surface area is 173 Å². The zero-order chi connectivity index (χ0) is 19.5. The number of amides is 1. The van der Waals surface area contributed by atoms with E-state index in [0.717, 1.165) is 12.8 Å². The van der Waals surface area contributed by atoms with Gasteiger partial charge in [-0.1, -0.05) is 48.2 Å². The SMILES string of the molecule is O=C(CC1CCCC1)Nc1ccccc1-c1nnc(-c2ccc(Cl)c(Cl)c2)o1. The highest BCUT2D eigenvalue weighted by molar-refractivity contribution is 6.42. The van der Waals surface area contributed by atoms with Gasteiger partial charge in [-0.25, -0.2) is 0 Å². The number of carbonyl (C=O) groups excluding carboxylic acids is 1. The van der Waals surface area contributed by atoms with E-state index in [0.29, 0.717) is 51.0 Å². The Morgan fingerprint density at radius 1 is 1.04 bits per heavy atom. The minimum absolute atomic E-state index is 0.0172. The molecule has 0 saturated heterocycles. The third-order valence-corrected chi connectivity index (χ3v) is 5.71.